The molecule has 0 amide bonds. The van der Waals surface area contributed by atoms with Crippen LogP contribution in [0.15, 0.2) is 78.7 Å². The summed E-state index contributed by atoms with van der Waals surface area (Å²) in [6.07, 6.45) is 0. The van der Waals surface area contributed by atoms with Crippen molar-refractivity contribution in [1.82, 2.24) is 30.4 Å². The summed E-state index contributed by atoms with van der Waals surface area (Å²) in [7, 11) is 0. The zero-order valence-corrected chi connectivity index (χ0v) is 18.2. The molecule has 5 rings (SSSR count). The summed E-state index contributed by atoms with van der Waals surface area (Å²) in [5, 5.41) is 16.5. The molecule has 0 N–H and O–H groups in total. The number of rotatable bonds is 4. The van der Waals surface area contributed by atoms with Crippen LogP contribution in [-0.2, 0) is 0 Å². The first-order valence-electron chi connectivity index (χ1n) is 8.69. The Morgan fingerprint density at radius 2 is 0.967 bits per heavy atom. The Morgan fingerprint density at radius 3 is 1.43 bits per heavy atom. The molecule has 0 aliphatic carbocycles. The summed E-state index contributed by atoms with van der Waals surface area (Å²) in [6.45, 7) is 0. The largest absolute Gasteiger partial charge is 0.415 e. The molecule has 1 aromatic carbocycles. The second-order valence-corrected chi connectivity index (χ2v) is 7.72. The van der Waals surface area contributed by atoms with E-state index < -0.39 is 0 Å². The van der Waals surface area contributed by atoms with Crippen LogP contribution in [0.3, 0.4) is 0 Å². The van der Waals surface area contributed by atoms with Gasteiger partial charge >= 0.3 is 0 Å². The lowest BCUT2D eigenvalue weighted by Gasteiger charge is -1.99. The van der Waals surface area contributed by atoms with Gasteiger partial charge in [-0.1, -0.05) is 18.2 Å². The van der Waals surface area contributed by atoms with Gasteiger partial charge in [-0.2, -0.15) is 0 Å². The molecule has 10 heteroatoms. The van der Waals surface area contributed by atoms with Gasteiger partial charge in [-0.25, -0.2) is 9.97 Å². The number of halogens is 2. The lowest BCUT2D eigenvalue weighted by molar-refractivity contribution is 0.580. The number of hydrogen-bond donors (Lipinski definition) is 0. The first-order valence-corrected chi connectivity index (χ1v) is 10.3. The van der Waals surface area contributed by atoms with Crippen molar-refractivity contribution in [2.45, 2.75) is 0 Å². The van der Waals surface area contributed by atoms with Gasteiger partial charge in [0.05, 0.1) is 0 Å². The second-order valence-electron chi connectivity index (χ2n) is 6.10. The highest BCUT2D eigenvalue weighted by Crippen LogP contribution is 2.29. The third kappa shape index (κ3) is 3.79. The van der Waals surface area contributed by atoms with Gasteiger partial charge in [0.1, 0.15) is 20.6 Å². The minimum atomic E-state index is 0.331. The maximum absolute atomic E-state index is 5.80. The monoisotopic (exact) mass is 524 g/mol. The van der Waals surface area contributed by atoms with Gasteiger partial charge in [-0.05, 0) is 74.3 Å². The molecule has 0 saturated heterocycles. The van der Waals surface area contributed by atoms with Crippen LogP contribution in [-0.4, -0.2) is 30.4 Å². The standard InChI is InChI=1S/C20H10Br2N6O2/c21-15-8-2-6-13(23-15)19-27-25-17(29-19)11-4-1-5-12(10-11)18-26-28-20(30-18)14-7-3-9-16(22)24-14/h1-10H. The minimum absolute atomic E-state index is 0.331. The predicted molar refractivity (Wildman–Crippen MR) is 115 cm³/mol. The Balaban J connectivity index is 1.46. The number of aromatic nitrogens is 6. The zero-order valence-electron chi connectivity index (χ0n) is 15.0. The van der Waals surface area contributed by atoms with Crippen molar-refractivity contribution in [1.29, 1.82) is 0 Å². The van der Waals surface area contributed by atoms with E-state index in [1.165, 1.54) is 0 Å². The molecule has 0 spiro atoms. The number of benzene rings is 1. The molecule has 8 nitrogen and oxygen atoms in total. The van der Waals surface area contributed by atoms with E-state index in [4.69, 9.17) is 8.83 Å². The van der Waals surface area contributed by atoms with Gasteiger partial charge in [-0.3, -0.25) is 0 Å². The molecule has 4 heterocycles. The van der Waals surface area contributed by atoms with Crippen molar-refractivity contribution in [3.05, 3.63) is 69.9 Å². The average Bonchev–Trinajstić information content (AvgIpc) is 3.44. The van der Waals surface area contributed by atoms with Crippen LogP contribution in [0.4, 0.5) is 0 Å². The molecule has 0 bridgehead atoms. The molecule has 0 saturated carbocycles. The molecule has 0 atom stereocenters. The van der Waals surface area contributed by atoms with Crippen LogP contribution in [0.2, 0.25) is 0 Å². The lowest BCUT2D eigenvalue weighted by Crippen LogP contribution is -1.83. The summed E-state index contributed by atoms with van der Waals surface area (Å²) in [6, 6.07) is 18.4. The third-order valence-corrected chi connectivity index (χ3v) is 4.96. The Labute approximate surface area is 186 Å². The highest BCUT2D eigenvalue weighted by Gasteiger charge is 2.15. The molecule has 0 unspecified atom stereocenters. The van der Waals surface area contributed by atoms with E-state index in [-0.39, 0.29) is 0 Å². The predicted octanol–water partition coefficient (Wildman–Crippen LogP) is 5.44. The number of hydrogen-bond acceptors (Lipinski definition) is 8. The molecule has 146 valence electrons. The van der Waals surface area contributed by atoms with Crippen LogP contribution in [0, 0.1) is 0 Å². The van der Waals surface area contributed by atoms with Crippen LogP contribution < -0.4 is 0 Å². The minimum Gasteiger partial charge on any atom is -0.415 e. The fourth-order valence-corrected chi connectivity index (χ4v) is 3.41. The van der Waals surface area contributed by atoms with Crippen LogP contribution in [0.25, 0.3) is 46.1 Å². The maximum atomic E-state index is 5.80. The molecule has 0 radical (unpaired) electrons. The van der Waals surface area contributed by atoms with Crippen LogP contribution in [0.5, 0.6) is 0 Å². The van der Waals surface area contributed by atoms with Crippen molar-refractivity contribution < 1.29 is 8.83 Å². The highest BCUT2D eigenvalue weighted by atomic mass is 79.9. The summed E-state index contributed by atoms with van der Waals surface area (Å²) < 4.78 is 13.0. The molecule has 0 aliphatic heterocycles. The van der Waals surface area contributed by atoms with Gasteiger partial charge in [0.2, 0.25) is 11.8 Å². The lowest BCUT2D eigenvalue weighted by atomic mass is 10.1. The van der Waals surface area contributed by atoms with E-state index in [0.29, 0.717) is 44.2 Å². The molecule has 0 fully saturated rings. The van der Waals surface area contributed by atoms with Crippen LogP contribution in [0.1, 0.15) is 0 Å². The smallest absolute Gasteiger partial charge is 0.266 e. The SMILES string of the molecule is Brc1cccc(-c2nnc(-c3cccc(-c4nnc(-c5cccc(Br)n5)o4)c3)o2)n1. The number of nitrogens with zero attached hydrogens (tertiary/aromatic N) is 6. The molecular formula is C20H10Br2N6O2. The normalized spacial score (nSPS) is 11.0. The van der Waals surface area contributed by atoms with Crippen molar-refractivity contribution in [3.63, 3.8) is 0 Å². The molecule has 0 aliphatic rings. The van der Waals surface area contributed by atoms with E-state index in [0.717, 1.165) is 11.1 Å². The zero-order chi connectivity index (χ0) is 20.5. The third-order valence-electron chi connectivity index (χ3n) is 4.07. The molecule has 5 aromatic rings. The molecule has 4 aromatic heterocycles. The van der Waals surface area contributed by atoms with Gasteiger partial charge in [0.25, 0.3) is 11.8 Å². The van der Waals surface area contributed by atoms with E-state index >= 15 is 0 Å². The Morgan fingerprint density at radius 1 is 0.533 bits per heavy atom. The van der Waals surface area contributed by atoms with Crippen molar-refractivity contribution in [2.24, 2.45) is 0 Å². The van der Waals surface area contributed by atoms with E-state index in [1.54, 1.807) is 12.1 Å². The highest BCUT2D eigenvalue weighted by molar-refractivity contribution is 9.10. The van der Waals surface area contributed by atoms with Crippen molar-refractivity contribution >= 4 is 31.9 Å². The van der Waals surface area contributed by atoms with E-state index in [2.05, 4.69) is 62.2 Å². The van der Waals surface area contributed by atoms with Gasteiger partial charge in [0, 0.05) is 11.1 Å². The van der Waals surface area contributed by atoms with Gasteiger partial charge in [-0.15, -0.1) is 20.4 Å². The van der Waals surface area contributed by atoms with Crippen LogP contribution >= 0.6 is 31.9 Å². The summed E-state index contributed by atoms with van der Waals surface area (Å²) in [5.74, 6) is 1.39. The summed E-state index contributed by atoms with van der Waals surface area (Å²) >= 11 is 6.68. The summed E-state index contributed by atoms with van der Waals surface area (Å²) in [4.78, 5) is 8.66. The Bertz CT molecular complexity index is 1250. The molecule has 30 heavy (non-hydrogen) atoms. The average molecular weight is 526 g/mol. The maximum Gasteiger partial charge on any atom is 0.266 e. The second kappa shape index (κ2) is 7.88. The number of pyridine rings is 2. The fourth-order valence-electron chi connectivity index (χ4n) is 2.73. The first-order chi connectivity index (χ1) is 14.7. The van der Waals surface area contributed by atoms with Crippen molar-refractivity contribution in [2.75, 3.05) is 0 Å². The topological polar surface area (TPSA) is 104 Å². The Hall–Kier alpha value is -3.24. The van der Waals surface area contributed by atoms with Gasteiger partial charge < -0.3 is 8.83 Å². The Kier molecular flexibility index (Phi) is 4.93. The summed E-state index contributed by atoms with van der Waals surface area (Å²) in [5.41, 5.74) is 2.62. The van der Waals surface area contributed by atoms with Gasteiger partial charge in [0.15, 0.2) is 0 Å². The van der Waals surface area contributed by atoms with E-state index in [1.807, 2.05) is 48.5 Å². The van der Waals surface area contributed by atoms with E-state index in [9.17, 15) is 0 Å². The quantitative estimate of drug-likeness (QED) is 0.286. The fraction of sp³-hybridized carbons (Fsp3) is 0. The first kappa shape index (κ1) is 18.8. The molecular weight excluding hydrogens is 516 g/mol. The van der Waals surface area contributed by atoms with Crippen molar-refractivity contribution in [3.8, 4) is 46.1 Å².